The average molecular weight is 263 g/mol. The first-order chi connectivity index (χ1) is 9.24. The van der Waals surface area contributed by atoms with Crippen molar-refractivity contribution in [3.63, 3.8) is 0 Å². The normalized spacial score (nSPS) is 21.4. The molecule has 0 bridgehead atoms. The van der Waals surface area contributed by atoms with Gasteiger partial charge in [0.25, 0.3) is 0 Å². The van der Waals surface area contributed by atoms with Gasteiger partial charge in [0.15, 0.2) is 0 Å². The summed E-state index contributed by atoms with van der Waals surface area (Å²) >= 11 is 0. The summed E-state index contributed by atoms with van der Waals surface area (Å²) < 4.78 is 0. The molecule has 2 unspecified atom stereocenters. The van der Waals surface area contributed by atoms with Crippen molar-refractivity contribution < 1.29 is 5.11 Å². The molecular weight excluding hydrogens is 238 g/mol. The largest absolute Gasteiger partial charge is 0.396 e. The van der Waals surface area contributed by atoms with Crippen LogP contribution in [-0.4, -0.2) is 36.3 Å². The molecule has 0 aliphatic carbocycles. The fraction of sp³-hybridized carbons (Fsp3) is 0.667. The first kappa shape index (κ1) is 14.3. The number of aromatic nitrogens is 1. The van der Waals surface area contributed by atoms with Gasteiger partial charge in [-0.3, -0.25) is 4.98 Å². The fourth-order valence-corrected chi connectivity index (χ4v) is 2.70. The van der Waals surface area contributed by atoms with Crippen molar-refractivity contribution in [3.8, 4) is 0 Å². The Hall–Kier alpha value is -1.13. The number of aliphatic hydroxyl groups excluding tert-OH is 1. The van der Waals surface area contributed by atoms with Gasteiger partial charge < -0.3 is 15.3 Å². The monoisotopic (exact) mass is 263 g/mol. The van der Waals surface area contributed by atoms with Gasteiger partial charge in [-0.25, -0.2) is 0 Å². The molecule has 4 nitrogen and oxygen atoms in total. The summed E-state index contributed by atoms with van der Waals surface area (Å²) in [6.45, 7) is 7.50. The van der Waals surface area contributed by atoms with E-state index in [0.717, 1.165) is 38.2 Å². The minimum atomic E-state index is 0.291. The van der Waals surface area contributed by atoms with E-state index >= 15 is 0 Å². The van der Waals surface area contributed by atoms with Crippen molar-refractivity contribution in [1.29, 1.82) is 0 Å². The number of hydrogen-bond acceptors (Lipinski definition) is 4. The molecule has 2 atom stereocenters. The molecule has 1 aromatic heterocycles. The summed E-state index contributed by atoms with van der Waals surface area (Å²) in [7, 11) is 0. The van der Waals surface area contributed by atoms with Gasteiger partial charge in [-0.15, -0.1) is 0 Å². The van der Waals surface area contributed by atoms with Crippen molar-refractivity contribution in [2.24, 2.45) is 5.92 Å². The molecule has 0 aromatic carbocycles. The Kier molecular flexibility index (Phi) is 5.16. The number of aliphatic hydroxyl groups is 1. The van der Waals surface area contributed by atoms with E-state index < -0.39 is 0 Å². The lowest BCUT2D eigenvalue weighted by Gasteiger charge is -2.33. The molecular formula is C15H25N3O. The first-order valence-corrected chi connectivity index (χ1v) is 7.29. The molecule has 4 heteroatoms. The molecule has 1 aliphatic rings. The maximum absolute atomic E-state index is 9.28. The zero-order chi connectivity index (χ0) is 13.7. The maximum atomic E-state index is 9.28. The van der Waals surface area contributed by atoms with E-state index in [0.29, 0.717) is 18.6 Å². The molecule has 1 fully saturated rings. The number of rotatable bonds is 5. The Morgan fingerprint density at radius 2 is 2.37 bits per heavy atom. The number of pyridine rings is 1. The van der Waals surface area contributed by atoms with Crippen LogP contribution in [0.15, 0.2) is 18.3 Å². The summed E-state index contributed by atoms with van der Waals surface area (Å²) in [5.74, 6) is 0.411. The van der Waals surface area contributed by atoms with Gasteiger partial charge in [0, 0.05) is 25.7 Å². The van der Waals surface area contributed by atoms with Crippen molar-refractivity contribution in [2.45, 2.75) is 32.7 Å². The third-order valence-electron chi connectivity index (χ3n) is 3.87. The zero-order valence-corrected chi connectivity index (χ0v) is 12.0. The van der Waals surface area contributed by atoms with Gasteiger partial charge in [-0.2, -0.15) is 0 Å². The lowest BCUT2D eigenvalue weighted by molar-refractivity contribution is 0.208. The molecule has 0 spiro atoms. The highest BCUT2D eigenvalue weighted by molar-refractivity contribution is 5.45. The molecule has 106 valence electrons. The Bertz CT molecular complexity index is 379. The van der Waals surface area contributed by atoms with Gasteiger partial charge in [0.05, 0.1) is 17.6 Å². The molecule has 0 amide bonds. The van der Waals surface area contributed by atoms with Crippen LogP contribution in [0.4, 0.5) is 5.69 Å². The molecule has 2 heterocycles. The molecule has 1 saturated heterocycles. The second-order valence-corrected chi connectivity index (χ2v) is 5.36. The lowest BCUT2D eigenvalue weighted by atomic mass is 9.99. The van der Waals surface area contributed by atoms with Gasteiger partial charge in [0.2, 0.25) is 0 Å². The molecule has 0 radical (unpaired) electrons. The topological polar surface area (TPSA) is 48.4 Å². The minimum absolute atomic E-state index is 0.291. The molecule has 0 saturated carbocycles. The quantitative estimate of drug-likeness (QED) is 0.852. The van der Waals surface area contributed by atoms with Crippen LogP contribution < -0.4 is 10.2 Å². The van der Waals surface area contributed by atoms with Gasteiger partial charge in [0.1, 0.15) is 0 Å². The average Bonchev–Trinajstić information content (AvgIpc) is 2.48. The van der Waals surface area contributed by atoms with Crippen LogP contribution in [0, 0.1) is 5.92 Å². The van der Waals surface area contributed by atoms with E-state index in [9.17, 15) is 5.11 Å². The van der Waals surface area contributed by atoms with Crippen LogP contribution >= 0.6 is 0 Å². The van der Waals surface area contributed by atoms with Crippen LogP contribution in [0.3, 0.4) is 0 Å². The summed E-state index contributed by atoms with van der Waals surface area (Å²) in [6.07, 6.45) is 4.25. The molecule has 19 heavy (non-hydrogen) atoms. The van der Waals surface area contributed by atoms with E-state index in [-0.39, 0.29) is 0 Å². The highest BCUT2D eigenvalue weighted by Gasteiger charge is 2.19. The Morgan fingerprint density at radius 1 is 1.53 bits per heavy atom. The predicted octanol–water partition coefficient (Wildman–Crippen LogP) is 1.96. The van der Waals surface area contributed by atoms with Gasteiger partial charge in [-0.1, -0.05) is 6.92 Å². The third kappa shape index (κ3) is 3.67. The fourth-order valence-electron chi connectivity index (χ4n) is 2.70. The summed E-state index contributed by atoms with van der Waals surface area (Å²) in [5, 5.41) is 12.6. The summed E-state index contributed by atoms with van der Waals surface area (Å²) in [5.41, 5.74) is 2.26. The van der Waals surface area contributed by atoms with Crippen molar-refractivity contribution in [2.75, 3.05) is 31.1 Å². The summed E-state index contributed by atoms with van der Waals surface area (Å²) in [4.78, 5) is 6.89. The van der Waals surface area contributed by atoms with Crippen LogP contribution in [0.25, 0.3) is 0 Å². The number of nitrogens with zero attached hydrogens (tertiary/aromatic N) is 2. The maximum Gasteiger partial charge on any atom is 0.0572 e. The molecule has 1 aliphatic heterocycles. The summed E-state index contributed by atoms with van der Waals surface area (Å²) in [6, 6.07) is 4.55. The van der Waals surface area contributed by atoms with Crippen LogP contribution in [0.1, 0.15) is 38.4 Å². The predicted molar refractivity (Wildman–Crippen MR) is 78.4 cm³/mol. The van der Waals surface area contributed by atoms with Crippen LogP contribution in [-0.2, 0) is 0 Å². The Labute approximate surface area is 115 Å². The standard InChI is InChI=1S/C15H25N3O/c1-3-16-12(2)15-7-6-14(9-17-15)18-8-4-5-13(10-18)11-19/h6-7,9,12-13,16,19H,3-5,8,10-11H2,1-2H3. The first-order valence-electron chi connectivity index (χ1n) is 7.29. The smallest absolute Gasteiger partial charge is 0.0572 e. The third-order valence-corrected chi connectivity index (χ3v) is 3.87. The zero-order valence-electron chi connectivity index (χ0n) is 12.0. The Morgan fingerprint density at radius 3 is 3.00 bits per heavy atom. The van der Waals surface area contributed by atoms with Gasteiger partial charge in [-0.05, 0) is 44.4 Å². The van der Waals surface area contributed by atoms with Crippen LogP contribution in [0.5, 0.6) is 0 Å². The van der Waals surface area contributed by atoms with E-state index in [4.69, 9.17) is 0 Å². The molecule has 2 N–H and O–H groups in total. The lowest BCUT2D eigenvalue weighted by Crippen LogP contribution is -2.36. The number of hydrogen-bond donors (Lipinski definition) is 2. The van der Waals surface area contributed by atoms with Crippen molar-refractivity contribution in [1.82, 2.24) is 10.3 Å². The second kappa shape index (κ2) is 6.87. The van der Waals surface area contributed by atoms with Crippen molar-refractivity contribution >= 4 is 5.69 Å². The molecule has 2 rings (SSSR count). The van der Waals surface area contributed by atoms with Crippen LogP contribution in [0.2, 0.25) is 0 Å². The minimum Gasteiger partial charge on any atom is -0.396 e. The number of anilines is 1. The van der Waals surface area contributed by atoms with E-state index in [2.05, 4.69) is 41.2 Å². The highest BCUT2D eigenvalue weighted by atomic mass is 16.3. The number of nitrogens with one attached hydrogen (secondary N) is 1. The second-order valence-electron chi connectivity index (χ2n) is 5.36. The molecule has 1 aromatic rings. The Balaban J connectivity index is 2.01. The van der Waals surface area contributed by atoms with E-state index in [1.54, 1.807) is 0 Å². The highest BCUT2D eigenvalue weighted by Crippen LogP contribution is 2.23. The SMILES string of the molecule is CCNC(C)c1ccc(N2CCCC(CO)C2)cn1. The number of piperidine rings is 1. The van der Waals surface area contributed by atoms with E-state index in [1.807, 2.05) is 6.20 Å². The van der Waals surface area contributed by atoms with Gasteiger partial charge >= 0.3 is 0 Å². The van der Waals surface area contributed by atoms with Crippen molar-refractivity contribution in [3.05, 3.63) is 24.0 Å². The van der Waals surface area contributed by atoms with E-state index in [1.165, 1.54) is 5.69 Å².